The summed E-state index contributed by atoms with van der Waals surface area (Å²) in [6.45, 7) is 1.71. The molecular formula is C12H15BrO4. The number of carbonyl (C=O) groups excluding carboxylic acids is 1. The molecule has 17 heavy (non-hydrogen) atoms. The van der Waals surface area contributed by atoms with Crippen LogP contribution in [0.5, 0.6) is 0 Å². The number of hydrogen-bond donors (Lipinski definition) is 2. The summed E-state index contributed by atoms with van der Waals surface area (Å²) in [5.74, 6) is -0.454. The minimum atomic E-state index is -1.03. The summed E-state index contributed by atoms with van der Waals surface area (Å²) in [5, 5.41) is 19.8. The van der Waals surface area contributed by atoms with Crippen molar-refractivity contribution in [2.75, 3.05) is 12.4 Å². The van der Waals surface area contributed by atoms with Gasteiger partial charge in [0.25, 0.3) is 0 Å². The van der Waals surface area contributed by atoms with Crippen molar-refractivity contribution in [1.82, 2.24) is 0 Å². The number of esters is 1. The van der Waals surface area contributed by atoms with E-state index in [2.05, 4.69) is 20.7 Å². The van der Waals surface area contributed by atoms with Gasteiger partial charge in [-0.05, 0) is 24.1 Å². The van der Waals surface area contributed by atoms with Crippen molar-refractivity contribution in [2.45, 2.75) is 19.1 Å². The van der Waals surface area contributed by atoms with E-state index >= 15 is 0 Å². The maximum atomic E-state index is 11.5. The van der Waals surface area contributed by atoms with Crippen LogP contribution in [-0.4, -0.2) is 34.7 Å². The number of benzene rings is 1. The third-order valence-corrected chi connectivity index (χ3v) is 3.29. The van der Waals surface area contributed by atoms with Crippen LogP contribution in [0.2, 0.25) is 0 Å². The predicted molar refractivity (Wildman–Crippen MR) is 67.3 cm³/mol. The maximum Gasteiger partial charge on any atom is 0.338 e. The summed E-state index contributed by atoms with van der Waals surface area (Å²) in [5.41, 5.74) is 1.54. The number of aliphatic hydroxyl groups is 2. The molecule has 0 aromatic heterocycles. The summed E-state index contributed by atoms with van der Waals surface area (Å²) in [7, 11) is 1.30. The molecule has 4 nitrogen and oxygen atoms in total. The molecular weight excluding hydrogens is 288 g/mol. The number of halogens is 1. The van der Waals surface area contributed by atoms with Crippen LogP contribution in [0.1, 0.15) is 27.6 Å². The molecule has 0 saturated carbocycles. The predicted octanol–water partition coefficient (Wildman–Crippen LogP) is 1.57. The Morgan fingerprint density at radius 1 is 1.47 bits per heavy atom. The summed E-state index contributed by atoms with van der Waals surface area (Å²) in [4.78, 5) is 11.5. The smallest absolute Gasteiger partial charge is 0.338 e. The van der Waals surface area contributed by atoms with Gasteiger partial charge in [0.1, 0.15) is 6.10 Å². The van der Waals surface area contributed by atoms with Crippen molar-refractivity contribution in [1.29, 1.82) is 0 Å². The molecule has 0 heterocycles. The summed E-state index contributed by atoms with van der Waals surface area (Å²) < 4.78 is 4.65. The van der Waals surface area contributed by atoms with Crippen LogP contribution in [0.4, 0.5) is 0 Å². The van der Waals surface area contributed by atoms with Gasteiger partial charge in [0, 0.05) is 5.33 Å². The zero-order valence-corrected chi connectivity index (χ0v) is 11.3. The fourth-order valence-electron chi connectivity index (χ4n) is 1.60. The monoisotopic (exact) mass is 302 g/mol. The maximum absolute atomic E-state index is 11.5. The molecule has 0 bridgehead atoms. The molecule has 0 spiro atoms. The number of rotatable bonds is 4. The Labute approximate surface area is 108 Å². The second kappa shape index (κ2) is 6.14. The second-order valence-corrected chi connectivity index (χ2v) is 4.33. The third-order valence-electron chi connectivity index (χ3n) is 2.62. The van der Waals surface area contributed by atoms with E-state index in [0.29, 0.717) is 16.7 Å². The molecule has 0 amide bonds. The lowest BCUT2D eigenvalue weighted by atomic mass is 9.96. The summed E-state index contributed by atoms with van der Waals surface area (Å²) in [6, 6.07) is 4.95. The van der Waals surface area contributed by atoms with E-state index in [0.717, 1.165) is 0 Å². The standard InChI is InChI=1S/C12H15BrO4/c1-7-8(11(15)10(14)6-13)4-3-5-9(7)12(16)17-2/h3-5,10-11,14-15H,6H2,1-2H3. The van der Waals surface area contributed by atoms with Gasteiger partial charge in [-0.2, -0.15) is 0 Å². The van der Waals surface area contributed by atoms with E-state index in [4.69, 9.17) is 0 Å². The van der Waals surface area contributed by atoms with Crippen LogP contribution in [0.3, 0.4) is 0 Å². The Bertz CT molecular complexity index is 405. The van der Waals surface area contributed by atoms with Crippen LogP contribution in [0, 0.1) is 6.92 Å². The molecule has 0 radical (unpaired) electrons. The minimum Gasteiger partial charge on any atom is -0.465 e. The van der Waals surface area contributed by atoms with Gasteiger partial charge in [0.15, 0.2) is 0 Å². The molecule has 2 N–H and O–H groups in total. The molecule has 5 heteroatoms. The molecule has 2 atom stereocenters. The van der Waals surface area contributed by atoms with Gasteiger partial charge in [-0.1, -0.05) is 28.1 Å². The first-order valence-electron chi connectivity index (χ1n) is 5.12. The van der Waals surface area contributed by atoms with Crippen molar-refractivity contribution in [3.8, 4) is 0 Å². The van der Waals surface area contributed by atoms with Crippen LogP contribution >= 0.6 is 15.9 Å². The fourth-order valence-corrected chi connectivity index (χ4v) is 1.95. The highest BCUT2D eigenvalue weighted by Crippen LogP contribution is 2.24. The van der Waals surface area contributed by atoms with Crippen molar-refractivity contribution in [3.05, 3.63) is 34.9 Å². The van der Waals surface area contributed by atoms with E-state index in [1.807, 2.05) is 0 Å². The normalized spacial score (nSPS) is 14.2. The zero-order valence-electron chi connectivity index (χ0n) is 9.68. The molecule has 0 aliphatic rings. The van der Waals surface area contributed by atoms with Crippen molar-refractivity contribution < 1.29 is 19.7 Å². The number of methoxy groups -OCH3 is 1. The summed E-state index contributed by atoms with van der Waals surface area (Å²) >= 11 is 3.10. The van der Waals surface area contributed by atoms with Crippen molar-refractivity contribution in [2.24, 2.45) is 0 Å². The highest BCUT2D eigenvalue weighted by molar-refractivity contribution is 9.09. The van der Waals surface area contributed by atoms with E-state index < -0.39 is 18.2 Å². The topological polar surface area (TPSA) is 66.8 Å². The zero-order chi connectivity index (χ0) is 13.0. The van der Waals surface area contributed by atoms with Crippen molar-refractivity contribution >= 4 is 21.9 Å². The van der Waals surface area contributed by atoms with E-state index in [-0.39, 0.29) is 5.33 Å². The molecule has 2 unspecified atom stereocenters. The van der Waals surface area contributed by atoms with Crippen LogP contribution in [0.25, 0.3) is 0 Å². The lowest BCUT2D eigenvalue weighted by Crippen LogP contribution is -2.21. The molecule has 0 saturated heterocycles. The van der Waals surface area contributed by atoms with Crippen molar-refractivity contribution in [3.63, 3.8) is 0 Å². The molecule has 0 fully saturated rings. The molecule has 0 aliphatic heterocycles. The average Bonchev–Trinajstić information content (AvgIpc) is 2.36. The van der Waals surface area contributed by atoms with Crippen LogP contribution in [-0.2, 0) is 4.74 Å². The fraction of sp³-hybridized carbons (Fsp3) is 0.417. The second-order valence-electron chi connectivity index (χ2n) is 3.68. The van der Waals surface area contributed by atoms with Gasteiger partial charge < -0.3 is 14.9 Å². The Kier molecular flexibility index (Phi) is 5.11. The molecule has 1 aromatic carbocycles. The highest BCUT2D eigenvalue weighted by atomic mass is 79.9. The number of alkyl halides is 1. The summed E-state index contributed by atoms with van der Waals surface area (Å²) in [6.07, 6.45) is -1.94. The van der Waals surface area contributed by atoms with E-state index in [9.17, 15) is 15.0 Å². The van der Waals surface area contributed by atoms with Crippen LogP contribution in [0.15, 0.2) is 18.2 Å². The van der Waals surface area contributed by atoms with Gasteiger partial charge >= 0.3 is 5.97 Å². The van der Waals surface area contributed by atoms with Gasteiger partial charge in [-0.3, -0.25) is 0 Å². The Morgan fingerprint density at radius 3 is 2.65 bits per heavy atom. The van der Waals surface area contributed by atoms with Gasteiger partial charge in [0.05, 0.1) is 18.8 Å². The Morgan fingerprint density at radius 2 is 2.12 bits per heavy atom. The Balaban J connectivity index is 3.14. The Hall–Kier alpha value is -0.910. The first-order valence-corrected chi connectivity index (χ1v) is 6.25. The van der Waals surface area contributed by atoms with E-state index in [1.165, 1.54) is 7.11 Å². The molecule has 1 rings (SSSR count). The first kappa shape index (κ1) is 14.2. The molecule has 1 aromatic rings. The third kappa shape index (κ3) is 3.06. The quantitative estimate of drug-likeness (QED) is 0.654. The largest absolute Gasteiger partial charge is 0.465 e. The first-order chi connectivity index (χ1) is 8.02. The lowest BCUT2D eigenvalue weighted by Gasteiger charge is -2.19. The number of aliphatic hydroxyl groups excluding tert-OH is 2. The van der Waals surface area contributed by atoms with E-state index in [1.54, 1.807) is 25.1 Å². The minimum absolute atomic E-state index is 0.260. The molecule has 94 valence electrons. The number of hydrogen-bond acceptors (Lipinski definition) is 4. The highest BCUT2D eigenvalue weighted by Gasteiger charge is 2.21. The molecule has 0 aliphatic carbocycles. The number of ether oxygens (including phenoxy) is 1. The SMILES string of the molecule is COC(=O)c1cccc(C(O)C(O)CBr)c1C. The van der Waals surface area contributed by atoms with Gasteiger partial charge in [-0.25, -0.2) is 4.79 Å². The average molecular weight is 303 g/mol. The van der Waals surface area contributed by atoms with Gasteiger partial charge in [-0.15, -0.1) is 0 Å². The lowest BCUT2D eigenvalue weighted by molar-refractivity contribution is 0.0336. The van der Waals surface area contributed by atoms with Gasteiger partial charge in [0.2, 0.25) is 0 Å². The van der Waals surface area contributed by atoms with Crippen LogP contribution < -0.4 is 0 Å². The number of carbonyl (C=O) groups is 1.